The Morgan fingerprint density at radius 1 is 1.32 bits per heavy atom. The molecule has 2 aromatic rings. The second-order valence-electron chi connectivity index (χ2n) is 5.98. The third-order valence-electron chi connectivity index (χ3n) is 3.97. The first kappa shape index (κ1) is 16.6. The third kappa shape index (κ3) is 3.70. The van der Waals surface area contributed by atoms with E-state index in [0.717, 1.165) is 28.4 Å². The van der Waals surface area contributed by atoms with Crippen molar-refractivity contribution in [2.75, 3.05) is 13.7 Å². The molecule has 2 rings (SSSR count). The minimum absolute atomic E-state index is 0.106. The molecule has 0 bridgehead atoms. The van der Waals surface area contributed by atoms with Gasteiger partial charge >= 0.3 is 0 Å². The predicted octanol–water partition coefficient (Wildman–Crippen LogP) is 3.46. The number of rotatable bonds is 6. The van der Waals surface area contributed by atoms with Gasteiger partial charge in [-0.2, -0.15) is 0 Å². The molecule has 1 aromatic heterocycles. The molecule has 0 aliphatic heterocycles. The minimum atomic E-state index is -0.977. The zero-order valence-corrected chi connectivity index (χ0v) is 13.9. The molecule has 2 atom stereocenters. The first-order valence-corrected chi connectivity index (χ1v) is 7.50. The molecule has 0 aliphatic rings. The average Bonchev–Trinajstić information content (AvgIpc) is 2.84. The molecule has 0 spiro atoms. The third-order valence-corrected chi connectivity index (χ3v) is 3.97. The molecule has 2 unspecified atom stereocenters. The Morgan fingerprint density at radius 3 is 2.64 bits per heavy atom. The van der Waals surface area contributed by atoms with Gasteiger partial charge in [0.2, 0.25) is 0 Å². The molecule has 0 amide bonds. The quantitative estimate of drug-likeness (QED) is 0.858. The maximum atomic E-state index is 10.7. The summed E-state index contributed by atoms with van der Waals surface area (Å²) in [5.41, 5.74) is 0.972. The van der Waals surface area contributed by atoms with Gasteiger partial charge in [-0.25, -0.2) is 0 Å². The van der Waals surface area contributed by atoms with Crippen molar-refractivity contribution in [2.24, 2.45) is 0 Å². The van der Waals surface area contributed by atoms with Crippen molar-refractivity contribution in [1.29, 1.82) is 0 Å². The van der Waals surface area contributed by atoms with E-state index in [2.05, 4.69) is 12.2 Å². The predicted molar refractivity (Wildman–Crippen MR) is 87.2 cm³/mol. The number of aliphatic hydroxyl groups is 1. The summed E-state index contributed by atoms with van der Waals surface area (Å²) in [4.78, 5) is 0. The summed E-state index contributed by atoms with van der Waals surface area (Å²) in [7, 11) is 1.66. The monoisotopic (exact) mass is 303 g/mol. The highest BCUT2D eigenvalue weighted by atomic mass is 16.5. The zero-order chi connectivity index (χ0) is 16.3. The Bertz CT molecular complexity index is 631. The van der Waals surface area contributed by atoms with Crippen molar-refractivity contribution in [3.63, 3.8) is 0 Å². The summed E-state index contributed by atoms with van der Waals surface area (Å²) in [6.45, 7) is 8.07. The average molecular weight is 303 g/mol. The largest absolute Gasteiger partial charge is 0.497 e. The normalized spacial score (nSPS) is 15.4. The fraction of sp³-hybridized carbons (Fsp3) is 0.444. The van der Waals surface area contributed by atoms with Crippen LogP contribution in [0, 0.1) is 13.8 Å². The van der Waals surface area contributed by atoms with Crippen LogP contribution in [0.15, 0.2) is 34.7 Å². The summed E-state index contributed by atoms with van der Waals surface area (Å²) in [5, 5.41) is 14.1. The number of methoxy groups -OCH3 is 1. The molecule has 0 fully saturated rings. The summed E-state index contributed by atoms with van der Waals surface area (Å²) in [6.07, 6.45) is 0. The molecule has 22 heavy (non-hydrogen) atoms. The lowest BCUT2D eigenvalue weighted by molar-refractivity contribution is 0.0529. The highest BCUT2D eigenvalue weighted by Crippen LogP contribution is 2.27. The molecule has 0 aliphatic carbocycles. The van der Waals surface area contributed by atoms with Crippen molar-refractivity contribution in [3.05, 3.63) is 53.0 Å². The van der Waals surface area contributed by atoms with Crippen LogP contribution in [-0.4, -0.2) is 18.8 Å². The van der Waals surface area contributed by atoms with E-state index in [9.17, 15) is 5.11 Å². The maximum absolute atomic E-state index is 10.7. The SMILES string of the molecule is COc1cccc(C(C)NCC(C)(O)c2cc(C)oc2C)c1. The van der Waals surface area contributed by atoms with Crippen LogP contribution >= 0.6 is 0 Å². The van der Waals surface area contributed by atoms with Gasteiger partial charge in [-0.15, -0.1) is 0 Å². The van der Waals surface area contributed by atoms with Gasteiger partial charge in [-0.1, -0.05) is 12.1 Å². The van der Waals surface area contributed by atoms with E-state index < -0.39 is 5.60 Å². The number of nitrogens with one attached hydrogen (secondary N) is 1. The van der Waals surface area contributed by atoms with Gasteiger partial charge in [0, 0.05) is 18.2 Å². The van der Waals surface area contributed by atoms with Gasteiger partial charge in [0.25, 0.3) is 0 Å². The van der Waals surface area contributed by atoms with E-state index in [-0.39, 0.29) is 6.04 Å². The molecule has 2 N–H and O–H groups in total. The van der Waals surface area contributed by atoms with Crippen LogP contribution in [0.3, 0.4) is 0 Å². The van der Waals surface area contributed by atoms with E-state index in [1.807, 2.05) is 44.2 Å². The zero-order valence-electron chi connectivity index (χ0n) is 13.9. The Balaban J connectivity index is 2.06. The van der Waals surface area contributed by atoms with E-state index in [1.54, 1.807) is 14.0 Å². The summed E-state index contributed by atoms with van der Waals surface area (Å²) < 4.78 is 10.8. The molecule has 1 heterocycles. The molecule has 0 saturated heterocycles. The van der Waals surface area contributed by atoms with Crippen LogP contribution in [0.1, 0.15) is 42.5 Å². The Morgan fingerprint density at radius 2 is 2.05 bits per heavy atom. The lowest BCUT2D eigenvalue weighted by Crippen LogP contribution is -2.36. The number of furan rings is 1. The van der Waals surface area contributed by atoms with Crippen LogP contribution in [0.5, 0.6) is 5.75 Å². The first-order chi connectivity index (χ1) is 10.3. The smallest absolute Gasteiger partial charge is 0.119 e. The lowest BCUT2D eigenvalue weighted by atomic mass is 9.95. The van der Waals surface area contributed by atoms with Gasteiger partial charge in [-0.05, 0) is 51.5 Å². The summed E-state index contributed by atoms with van der Waals surface area (Å²) in [6, 6.07) is 9.93. The van der Waals surface area contributed by atoms with Crippen molar-refractivity contribution in [2.45, 2.75) is 39.3 Å². The molecule has 0 saturated carbocycles. The standard InChI is InChI=1S/C18H25NO3/c1-12-9-17(14(3)22-12)18(4,20)11-19-13(2)15-7-6-8-16(10-15)21-5/h6-10,13,19-20H,11H2,1-5H3. The van der Waals surface area contributed by atoms with Crippen LogP contribution in [0.2, 0.25) is 0 Å². The minimum Gasteiger partial charge on any atom is -0.497 e. The molecular weight excluding hydrogens is 278 g/mol. The molecule has 120 valence electrons. The van der Waals surface area contributed by atoms with Crippen molar-refractivity contribution < 1.29 is 14.3 Å². The maximum Gasteiger partial charge on any atom is 0.119 e. The van der Waals surface area contributed by atoms with Crippen LogP contribution in [0.4, 0.5) is 0 Å². The van der Waals surface area contributed by atoms with Gasteiger partial charge in [-0.3, -0.25) is 0 Å². The second-order valence-corrected chi connectivity index (χ2v) is 5.98. The van der Waals surface area contributed by atoms with Crippen LogP contribution in [-0.2, 0) is 5.60 Å². The number of hydrogen-bond donors (Lipinski definition) is 2. The van der Waals surface area contributed by atoms with E-state index in [0.29, 0.717) is 6.54 Å². The van der Waals surface area contributed by atoms with E-state index >= 15 is 0 Å². The van der Waals surface area contributed by atoms with Crippen LogP contribution in [0.25, 0.3) is 0 Å². The number of hydrogen-bond acceptors (Lipinski definition) is 4. The Hall–Kier alpha value is -1.78. The van der Waals surface area contributed by atoms with Crippen molar-refractivity contribution >= 4 is 0 Å². The number of aryl methyl sites for hydroxylation is 2. The summed E-state index contributed by atoms with van der Waals surface area (Å²) >= 11 is 0. The Kier molecular flexibility index (Phi) is 4.94. The fourth-order valence-corrected chi connectivity index (χ4v) is 2.64. The number of ether oxygens (including phenoxy) is 1. The molecule has 4 heteroatoms. The molecular formula is C18H25NO3. The first-order valence-electron chi connectivity index (χ1n) is 7.50. The second kappa shape index (κ2) is 6.55. The topological polar surface area (TPSA) is 54.6 Å². The Labute approximate surface area is 132 Å². The van der Waals surface area contributed by atoms with E-state index in [4.69, 9.17) is 9.15 Å². The lowest BCUT2D eigenvalue weighted by Gasteiger charge is -2.26. The van der Waals surface area contributed by atoms with Gasteiger partial charge < -0.3 is 19.6 Å². The van der Waals surface area contributed by atoms with Crippen molar-refractivity contribution in [1.82, 2.24) is 5.32 Å². The molecule has 4 nitrogen and oxygen atoms in total. The highest BCUT2D eigenvalue weighted by molar-refractivity contribution is 5.31. The van der Waals surface area contributed by atoms with Gasteiger partial charge in [0.05, 0.1) is 7.11 Å². The molecule has 1 aromatic carbocycles. The fourth-order valence-electron chi connectivity index (χ4n) is 2.64. The van der Waals surface area contributed by atoms with Gasteiger partial charge in [0.1, 0.15) is 22.9 Å². The van der Waals surface area contributed by atoms with E-state index in [1.165, 1.54) is 0 Å². The summed E-state index contributed by atoms with van der Waals surface area (Å²) in [5.74, 6) is 2.41. The number of benzene rings is 1. The highest BCUT2D eigenvalue weighted by Gasteiger charge is 2.28. The van der Waals surface area contributed by atoms with Crippen LogP contribution < -0.4 is 10.1 Å². The molecule has 0 radical (unpaired) electrons. The van der Waals surface area contributed by atoms with Crippen molar-refractivity contribution in [3.8, 4) is 5.75 Å². The van der Waals surface area contributed by atoms with Gasteiger partial charge in [0.15, 0.2) is 0 Å².